The maximum Gasteiger partial charge on any atom is 0.290 e. The number of phenolic OH excluding ortho intramolecular Hbond substituents is 1. The molecule has 0 fully saturated rings. The van der Waals surface area contributed by atoms with Crippen molar-refractivity contribution in [3.05, 3.63) is 87.7 Å². The SMILES string of the molecule is O=C(C1=C(O)C(=O)N(Cc2cccs2)C1c1cccc(O)c1)c1ccco1. The maximum absolute atomic E-state index is 12.9. The Morgan fingerprint density at radius 1 is 1.15 bits per heavy atom. The number of rotatable bonds is 5. The lowest BCUT2D eigenvalue weighted by atomic mass is 9.95. The molecule has 1 aromatic carbocycles. The third-order valence-electron chi connectivity index (χ3n) is 4.39. The summed E-state index contributed by atoms with van der Waals surface area (Å²) < 4.78 is 5.17. The van der Waals surface area contributed by atoms with Crippen LogP contribution in [0.15, 0.2) is 75.9 Å². The van der Waals surface area contributed by atoms with E-state index in [1.807, 2.05) is 17.5 Å². The minimum Gasteiger partial charge on any atom is -0.508 e. The first-order valence-electron chi connectivity index (χ1n) is 8.20. The van der Waals surface area contributed by atoms with Gasteiger partial charge in [-0.3, -0.25) is 9.59 Å². The molecule has 2 aromatic heterocycles. The molecule has 1 atom stereocenters. The Balaban J connectivity index is 1.81. The molecule has 1 aliphatic rings. The van der Waals surface area contributed by atoms with E-state index in [2.05, 4.69) is 0 Å². The van der Waals surface area contributed by atoms with Gasteiger partial charge in [-0.25, -0.2) is 0 Å². The van der Waals surface area contributed by atoms with Crippen LogP contribution in [0.4, 0.5) is 0 Å². The molecule has 0 spiro atoms. The molecule has 3 heterocycles. The lowest BCUT2D eigenvalue weighted by Gasteiger charge is -2.26. The largest absolute Gasteiger partial charge is 0.508 e. The number of amides is 1. The predicted molar refractivity (Wildman–Crippen MR) is 98.4 cm³/mol. The van der Waals surface area contributed by atoms with Crippen molar-refractivity contribution in [3.8, 4) is 5.75 Å². The molecule has 4 rings (SSSR count). The van der Waals surface area contributed by atoms with E-state index in [0.29, 0.717) is 5.56 Å². The Bertz CT molecular complexity index is 1020. The molecule has 6 nitrogen and oxygen atoms in total. The van der Waals surface area contributed by atoms with E-state index in [4.69, 9.17) is 4.42 Å². The second-order valence-corrected chi connectivity index (χ2v) is 7.11. The molecule has 7 heteroatoms. The van der Waals surface area contributed by atoms with Gasteiger partial charge in [0.25, 0.3) is 5.91 Å². The van der Waals surface area contributed by atoms with Crippen molar-refractivity contribution in [2.24, 2.45) is 0 Å². The highest BCUT2D eigenvalue weighted by Gasteiger charge is 2.44. The number of aliphatic hydroxyl groups excluding tert-OH is 1. The van der Waals surface area contributed by atoms with Crippen LogP contribution >= 0.6 is 11.3 Å². The molecule has 0 saturated carbocycles. The van der Waals surface area contributed by atoms with Crippen LogP contribution < -0.4 is 0 Å². The highest BCUT2D eigenvalue weighted by atomic mass is 32.1. The third kappa shape index (κ3) is 3.02. The van der Waals surface area contributed by atoms with Crippen molar-refractivity contribution < 1.29 is 24.2 Å². The molecule has 2 N–H and O–H groups in total. The topological polar surface area (TPSA) is 91.0 Å². The standard InChI is InChI=1S/C20H15NO5S/c22-13-5-1-4-12(10-13)17-16(18(23)15-7-2-8-26-15)19(24)20(25)21(17)11-14-6-3-9-27-14/h1-10,17,22,24H,11H2. The van der Waals surface area contributed by atoms with E-state index in [1.165, 1.54) is 40.7 Å². The molecule has 1 aliphatic heterocycles. The molecule has 1 amide bonds. The van der Waals surface area contributed by atoms with Gasteiger partial charge in [0.1, 0.15) is 5.75 Å². The normalized spacial score (nSPS) is 17.0. The number of aliphatic hydroxyl groups is 1. The summed E-state index contributed by atoms with van der Waals surface area (Å²) in [6.07, 6.45) is 1.36. The summed E-state index contributed by atoms with van der Waals surface area (Å²) in [4.78, 5) is 28.0. The number of hydrogen-bond donors (Lipinski definition) is 2. The number of Topliss-reactive ketones (excluding diaryl/α,β-unsaturated/α-hetero) is 1. The van der Waals surface area contributed by atoms with Gasteiger partial charge in [-0.15, -0.1) is 11.3 Å². The highest BCUT2D eigenvalue weighted by Crippen LogP contribution is 2.41. The van der Waals surface area contributed by atoms with E-state index in [-0.39, 0.29) is 23.6 Å². The summed E-state index contributed by atoms with van der Waals surface area (Å²) >= 11 is 1.47. The van der Waals surface area contributed by atoms with Gasteiger partial charge >= 0.3 is 0 Å². The van der Waals surface area contributed by atoms with Crippen molar-refractivity contribution in [2.75, 3.05) is 0 Å². The third-order valence-corrected chi connectivity index (χ3v) is 5.25. The first-order chi connectivity index (χ1) is 13.1. The van der Waals surface area contributed by atoms with Crippen molar-refractivity contribution in [1.82, 2.24) is 4.90 Å². The fourth-order valence-corrected chi connectivity index (χ4v) is 3.90. The number of carbonyl (C=O) groups is 2. The average Bonchev–Trinajstić information content (AvgIpc) is 3.40. The molecule has 0 aliphatic carbocycles. The second-order valence-electron chi connectivity index (χ2n) is 6.08. The van der Waals surface area contributed by atoms with Crippen molar-refractivity contribution >= 4 is 23.0 Å². The van der Waals surface area contributed by atoms with Crippen LogP contribution in [-0.2, 0) is 11.3 Å². The smallest absolute Gasteiger partial charge is 0.290 e. The van der Waals surface area contributed by atoms with E-state index in [9.17, 15) is 19.8 Å². The summed E-state index contributed by atoms with van der Waals surface area (Å²) in [7, 11) is 0. The Labute approximate surface area is 158 Å². The van der Waals surface area contributed by atoms with Gasteiger partial charge in [-0.1, -0.05) is 18.2 Å². The number of nitrogens with zero attached hydrogens (tertiary/aromatic N) is 1. The summed E-state index contributed by atoms with van der Waals surface area (Å²) in [5.74, 6) is -1.75. The number of aromatic hydroxyl groups is 1. The molecular weight excluding hydrogens is 366 g/mol. The number of carbonyl (C=O) groups excluding carboxylic acids is 2. The summed E-state index contributed by atoms with van der Waals surface area (Å²) in [5.41, 5.74) is 0.468. The van der Waals surface area contributed by atoms with Crippen LogP contribution in [0.25, 0.3) is 0 Å². The second kappa shape index (κ2) is 6.77. The zero-order valence-electron chi connectivity index (χ0n) is 14.0. The lowest BCUT2D eigenvalue weighted by Crippen LogP contribution is -2.30. The van der Waals surface area contributed by atoms with Gasteiger partial charge in [0.05, 0.1) is 24.4 Å². The van der Waals surface area contributed by atoms with Crippen LogP contribution in [0.3, 0.4) is 0 Å². The van der Waals surface area contributed by atoms with E-state index in [0.717, 1.165) is 4.88 Å². The number of phenols is 1. The summed E-state index contributed by atoms with van der Waals surface area (Å²) in [6, 6.07) is 12.3. The first kappa shape index (κ1) is 17.1. The van der Waals surface area contributed by atoms with Gasteiger partial charge in [-0.2, -0.15) is 0 Å². The van der Waals surface area contributed by atoms with Crippen LogP contribution in [0, 0.1) is 0 Å². The number of ketones is 1. The Hall–Kier alpha value is -3.32. The van der Waals surface area contributed by atoms with Crippen molar-refractivity contribution in [3.63, 3.8) is 0 Å². The first-order valence-corrected chi connectivity index (χ1v) is 9.08. The molecule has 3 aromatic rings. The Morgan fingerprint density at radius 3 is 2.67 bits per heavy atom. The lowest BCUT2D eigenvalue weighted by molar-refractivity contribution is -0.130. The van der Waals surface area contributed by atoms with E-state index in [1.54, 1.807) is 18.2 Å². The zero-order chi connectivity index (χ0) is 19.0. The molecular formula is C20H15NO5S. The zero-order valence-corrected chi connectivity index (χ0v) is 14.8. The Kier molecular flexibility index (Phi) is 4.29. The summed E-state index contributed by atoms with van der Waals surface area (Å²) in [5, 5.41) is 22.3. The monoisotopic (exact) mass is 381 g/mol. The fourth-order valence-electron chi connectivity index (χ4n) is 3.20. The van der Waals surface area contributed by atoms with Gasteiger partial charge in [-0.05, 0) is 41.3 Å². The van der Waals surface area contributed by atoms with Crippen LogP contribution in [0.5, 0.6) is 5.75 Å². The molecule has 1 unspecified atom stereocenters. The predicted octanol–water partition coefficient (Wildman–Crippen LogP) is 3.83. The number of furan rings is 1. The van der Waals surface area contributed by atoms with Crippen LogP contribution in [0.1, 0.15) is 27.0 Å². The quantitative estimate of drug-likeness (QED) is 0.656. The number of hydrogen-bond acceptors (Lipinski definition) is 6. The van der Waals surface area contributed by atoms with Crippen molar-refractivity contribution in [1.29, 1.82) is 0 Å². The molecule has 136 valence electrons. The molecule has 27 heavy (non-hydrogen) atoms. The van der Waals surface area contributed by atoms with Gasteiger partial charge < -0.3 is 19.5 Å². The van der Waals surface area contributed by atoms with Gasteiger partial charge in [0.15, 0.2) is 11.5 Å². The molecule has 0 saturated heterocycles. The highest BCUT2D eigenvalue weighted by molar-refractivity contribution is 7.09. The molecule has 0 radical (unpaired) electrons. The van der Waals surface area contributed by atoms with Gasteiger partial charge in [0, 0.05) is 4.88 Å². The summed E-state index contributed by atoms with van der Waals surface area (Å²) in [6.45, 7) is 0.232. The van der Waals surface area contributed by atoms with Crippen LogP contribution in [0.2, 0.25) is 0 Å². The van der Waals surface area contributed by atoms with Crippen LogP contribution in [-0.4, -0.2) is 26.8 Å². The fraction of sp³-hybridized carbons (Fsp3) is 0.100. The number of thiophene rings is 1. The maximum atomic E-state index is 12.9. The minimum atomic E-state index is -0.829. The minimum absolute atomic E-state index is 0.00668. The molecule has 0 bridgehead atoms. The number of benzene rings is 1. The average molecular weight is 381 g/mol. The van der Waals surface area contributed by atoms with E-state index >= 15 is 0 Å². The Morgan fingerprint density at radius 2 is 2.00 bits per heavy atom. The van der Waals surface area contributed by atoms with Crippen molar-refractivity contribution in [2.45, 2.75) is 12.6 Å². The van der Waals surface area contributed by atoms with E-state index < -0.39 is 23.5 Å². The van der Waals surface area contributed by atoms with Gasteiger partial charge in [0.2, 0.25) is 5.78 Å².